The predicted octanol–water partition coefficient (Wildman–Crippen LogP) is 1.23. The van der Waals surface area contributed by atoms with Crippen LogP contribution in [0.5, 0.6) is 0 Å². The molecule has 1 aromatic heterocycles. The third-order valence-electron chi connectivity index (χ3n) is 1.43. The fraction of sp³-hybridized carbons (Fsp3) is 0. The standard InChI is InChI=1S/C8H5O.Sn/c1-2-4-8-7(3-1)5-6-9-8;/h1-5H;. The minimum absolute atomic E-state index is 0.995. The summed E-state index contributed by atoms with van der Waals surface area (Å²) in [4.78, 5) is 0. The number of para-hydroxylation sites is 1. The summed E-state index contributed by atoms with van der Waals surface area (Å²) in [6, 6.07) is 10.1. The van der Waals surface area contributed by atoms with Crippen molar-refractivity contribution < 1.29 is 4.42 Å². The molecule has 0 atom stereocenters. The summed E-state index contributed by atoms with van der Waals surface area (Å²) in [5, 5.41) is 1.20. The van der Waals surface area contributed by atoms with E-state index in [4.69, 9.17) is 4.42 Å². The van der Waals surface area contributed by atoms with E-state index in [-0.39, 0.29) is 0 Å². The maximum atomic E-state index is 5.41. The third-order valence-corrected chi connectivity index (χ3v) is 2.13. The maximum absolute atomic E-state index is 5.41. The van der Waals surface area contributed by atoms with Gasteiger partial charge in [-0.3, -0.25) is 0 Å². The van der Waals surface area contributed by atoms with Crippen LogP contribution in [0.15, 0.2) is 34.7 Å². The summed E-state index contributed by atoms with van der Waals surface area (Å²) < 4.78 is 6.47. The van der Waals surface area contributed by atoms with E-state index in [1.165, 1.54) is 27.9 Å². The molecule has 0 fully saturated rings. The van der Waals surface area contributed by atoms with E-state index in [9.17, 15) is 0 Å². The summed E-state index contributed by atoms with van der Waals surface area (Å²) in [6.45, 7) is 0. The molecule has 2 aromatic rings. The molecule has 10 heavy (non-hydrogen) atoms. The number of benzene rings is 1. The Morgan fingerprint density at radius 2 is 2.00 bits per heavy atom. The van der Waals surface area contributed by atoms with Crippen LogP contribution < -0.4 is 3.78 Å². The van der Waals surface area contributed by atoms with Gasteiger partial charge in [0.15, 0.2) is 0 Å². The zero-order chi connectivity index (χ0) is 6.97. The van der Waals surface area contributed by atoms with Crippen LogP contribution >= 0.6 is 0 Å². The topological polar surface area (TPSA) is 13.1 Å². The van der Waals surface area contributed by atoms with Gasteiger partial charge < -0.3 is 0 Å². The number of fused-ring (bicyclic) bond motifs is 1. The molecule has 0 aliphatic heterocycles. The van der Waals surface area contributed by atoms with Crippen molar-refractivity contribution in [2.45, 2.75) is 0 Å². The van der Waals surface area contributed by atoms with Crippen LogP contribution in [-0.2, 0) is 0 Å². The molecule has 0 unspecified atom stereocenters. The van der Waals surface area contributed by atoms with Gasteiger partial charge in [0, 0.05) is 0 Å². The number of furan rings is 1. The van der Waals surface area contributed by atoms with Crippen molar-refractivity contribution in [3.05, 3.63) is 30.3 Å². The van der Waals surface area contributed by atoms with E-state index in [0.29, 0.717) is 0 Å². The molecule has 0 aliphatic carbocycles. The Balaban J connectivity index is 2.88. The summed E-state index contributed by atoms with van der Waals surface area (Å²) >= 11 is 1.33. The summed E-state index contributed by atoms with van der Waals surface area (Å²) in [6.07, 6.45) is 0. The van der Waals surface area contributed by atoms with Crippen molar-refractivity contribution >= 4 is 37.3 Å². The Hall–Kier alpha value is -0.441. The Morgan fingerprint density at radius 3 is 2.80 bits per heavy atom. The normalized spacial score (nSPS) is 10.5. The van der Waals surface area contributed by atoms with Crippen molar-refractivity contribution in [1.29, 1.82) is 0 Å². The van der Waals surface area contributed by atoms with E-state index in [2.05, 4.69) is 12.1 Å². The average molecular weight is 236 g/mol. The van der Waals surface area contributed by atoms with Gasteiger partial charge in [-0.2, -0.15) is 0 Å². The van der Waals surface area contributed by atoms with Gasteiger partial charge in [-0.05, 0) is 0 Å². The second-order valence-electron chi connectivity index (χ2n) is 2.15. The van der Waals surface area contributed by atoms with Gasteiger partial charge in [0.2, 0.25) is 0 Å². The zero-order valence-corrected chi connectivity index (χ0v) is 8.15. The first-order chi connectivity index (χ1) is 4.86. The molecule has 1 nitrogen and oxygen atoms in total. The number of rotatable bonds is 0. The van der Waals surface area contributed by atoms with Gasteiger partial charge in [-0.25, -0.2) is 0 Å². The van der Waals surface area contributed by atoms with Gasteiger partial charge >= 0.3 is 72.0 Å². The van der Waals surface area contributed by atoms with Gasteiger partial charge in [0.05, 0.1) is 0 Å². The molecule has 3 radical (unpaired) electrons. The predicted molar refractivity (Wildman–Crippen MR) is 41.6 cm³/mol. The first-order valence-electron chi connectivity index (χ1n) is 3.06. The molecule has 1 heterocycles. The fourth-order valence-corrected chi connectivity index (χ4v) is 1.74. The molecule has 2 heteroatoms. The van der Waals surface area contributed by atoms with Gasteiger partial charge in [-0.1, -0.05) is 0 Å². The molecular weight excluding hydrogens is 231 g/mol. The Labute approximate surface area is 72.1 Å². The molecule has 0 saturated heterocycles. The van der Waals surface area contributed by atoms with Gasteiger partial charge in [-0.15, -0.1) is 0 Å². The molecule has 0 N–H and O–H groups in total. The molecule has 0 saturated carbocycles. The minimum atomic E-state index is 0.995. The van der Waals surface area contributed by atoms with Crippen molar-refractivity contribution in [1.82, 2.24) is 0 Å². The molecule has 1 aromatic carbocycles. The number of hydrogen-bond donors (Lipinski definition) is 0. The van der Waals surface area contributed by atoms with Crippen LogP contribution in [0.4, 0.5) is 0 Å². The zero-order valence-electron chi connectivity index (χ0n) is 5.29. The molecule has 0 amide bonds. The Bertz CT molecular complexity index is 318. The van der Waals surface area contributed by atoms with Crippen LogP contribution in [0.25, 0.3) is 11.0 Å². The van der Waals surface area contributed by atoms with Crippen molar-refractivity contribution in [3.8, 4) is 0 Å². The second-order valence-corrected chi connectivity index (χ2v) is 3.55. The van der Waals surface area contributed by atoms with Crippen LogP contribution in [-0.4, -0.2) is 22.5 Å². The first kappa shape index (κ1) is 6.28. The molecule has 2 rings (SSSR count). The van der Waals surface area contributed by atoms with Crippen LogP contribution in [0.3, 0.4) is 0 Å². The fourth-order valence-electron chi connectivity index (χ4n) is 0.982. The van der Waals surface area contributed by atoms with Crippen LogP contribution in [0.2, 0.25) is 0 Å². The van der Waals surface area contributed by atoms with E-state index >= 15 is 0 Å². The molecular formula is C8H5OSn. The van der Waals surface area contributed by atoms with Crippen LogP contribution in [0, 0.1) is 0 Å². The van der Waals surface area contributed by atoms with E-state index in [1.807, 2.05) is 18.2 Å². The summed E-state index contributed by atoms with van der Waals surface area (Å²) in [7, 11) is 0. The summed E-state index contributed by atoms with van der Waals surface area (Å²) in [5.74, 6) is 0. The van der Waals surface area contributed by atoms with Crippen molar-refractivity contribution in [2.75, 3.05) is 0 Å². The monoisotopic (exact) mass is 237 g/mol. The quantitative estimate of drug-likeness (QED) is 0.627. The molecule has 47 valence electrons. The summed E-state index contributed by atoms with van der Waals surface area (Å²) in [5.41, 5.74) is 0.995. The SMILES string of the molecule is [Sn][c]1cc2ccccc2o1. The Kier molecular flexibility index (Phi) is 1.45. The Morgan fingerprint density at radius 1 is 1.20 bits per heavy atom. The third kappa shape index (κ3) is 0.944. The van der Waals surface area contributed by atoms with Crippen LogP contribution in [0.1, 0.15) is 0 Å². The molecule has 0 aliphatic rings. The molecule has 0 spiro atoms. The second kappa shape index (κ2) is 2.31. The van der Waals surface area contributed by atoms with E-state index < -0.39 is 0 Å². The van der Waals surface area contributed by atoms with E-state index in [1.54, 1.807) is 0 Å². The molecule has 0 bridgehead atoms. The first-order valence-corrected chi connectivity index (χ1v) is 4.49. The van der Waals surface area contributed by atoms with Crippen molar-refractivity contribution in [2.24, 2.45) is 0 Å². The van der Waals surface area contributed by atoms with E-state index in [0.717, 1.165) is 9.36 Å². The van der Waals surface area contributed by atoms with Gasteiger partial charge in [0.25, 0.3) is 0 Å². The van der Waals surface area contributed by atoms with Crippen molar-refractivity contribution in [3.63, 3.8) is 0 Å². The van der Waals surface area contributed by atoms with Gasteiger partial charge in [0.1, 0.15) is 0 Å². The average Bonchev–Trinajstić information content (AvgIpc) is 2.27. The number of hydrogen-bond acceptors (Lipinski definition) is 1.